The molecule has 1 unspecified atom stereocenters. The normalized spacial score (nSPS) is 20.1. The summed E-state index contributed by atoms with van der Waals surface area (Å²) >= 11 is 3.38. The van der Waals surface area contributed by atoms with Gasteiger partial charge < -0.3 is 9.80 Å². The van der Waals surface area contributed by atoms with Gasteiger partial charge in [0, 0.05) is 42.4 Å². The minimum absolute atomic E-state index is 0.0831. The molecular weight excluding hydrogens is 408 g/mol. The number of hydrogen-bond donors (Lipinski definition) is 0. The number of piperazine rings is 1. The molecule has 1 fully saturated rings. The van der Waals surface area contributed by atoms with Crippen LogP contribution in [-0.2, 0) is 4.79 Å². The number of benzene rings is 1. The Kier molecular flexibility index (Phi) is 4.97. The van der Waals surface area contributed by atoms with Crippen molar-refractivity contribution in [2.24, 2.45) is 0 Å². The Morgan fingerprint density at radius 1 is 1.15 bits per heavy atom. The maximum absolute atomic E-state index is 13.0. The second-order valence-corrected chi connectivity index (χ2v) is 7.92. The smallest absolute Gasteiger partial charge is 0.260 e. The number of carbonyl (C=O) groups is 2. The lowest BCUT2D eigenvalue weighted by Crippen LogP contribution is -2.47. The van der Waals surface area contributed by atoms with Gasteiger partial charge in [-0.05, 0) is 46.7 Å². The number of fused-ring (bicyclic) bond motifs is 1. The molecule has 0 N–H and O–H groups in total. The Balaban J connectivity index is 1.63. The number of rotatable bonds is 3. The topological polar surface area (TPSA) is 56.8 Å². The van der Waals surface area contributed by atoms with Gasteiger partial charge in [0.25, 0.3) is 5.91 Å². The lowest BCUT2D eigenvalue weighted by Gasteiger charge is -2.34. The van der Waals surface area contributed by atoms with Crippen molar-refractivity contribution in [1.82, 2.24) is 14.8 Å². The third-order valence-electron chi connectivity index (χ3n) is 5.26. The van der Waals surface area contributed by atoms with E-state index in [2.05, 4.69) is 32.9 Å². The summed E-state index contributed by atoms with van der Waals surface area (Å²) in [6.45, 7) is 3.22. The van der Waals surface area contributed by atoms with E-state index in [1.165, 1.54) is 0 Å². The molecule has 1 aromatic carbocycles. The summed E-state index contributed by atoms with van der Waals surface area (Å²) < 4.78 is 0.848. The zero-order valence-electron chi connectivity index (χ0n) is 15.1. The van der Waals surface area contributed by atoms with Crippen LogP contribution in [0, 0.1) is 0 Å². The highest BCUT2D eigenvalue weighted by molar-refractivity contribution is 9.10. The predicted octanol–water partition coefficient (Wildman–Crippen LogP) is 2.71. The molecule has 2 aliphatic rings. The lowest BCUT2D eigenvalue weighted by atomic mass is 10.0. The summed E-state index contributed by atoms with van der Waals surface area (Å²) in [6, 6.07) is 10.9. The number of anilines is 1. The van der Waals surface area contributed by atoms with E-state index in [0.717, 1.165) is 36.2 Å². The first-order valence-electron chi connectivity index (χ1n) is 9.05. The third-order valence-corrected chi connectivity index (χ3v) is 5.73. The van der Waals surface area contributed by atoms with Gasteiger partial charge in [0.15, 0.2) is 0 Å². The first-order valence-corrected chi connectivity index (χ1v) is 9.84. The number of amides is 2. The monoisotopic (exact) mass is 428 g/mol. The number of nitrogens with zero attached hydrogens (tertiary/aromatic N) is 4. The van der Waals surface area contributed by atoms with Crippen LogP contribution in [0.2, 0.25) is 0 Å². The molecule has 27 heavy (non-hydrogen) atoms. The van der Waals surface area contributed by atoms with Crippen molar-refractivity contribution < 1.29 is 9.59 Å². The number of hydrogen-bond acceptors (Lipinski definition) is 4. The van der Waals surface area contributed by atoms with Crippen LogP contribution in [-0.4, -0.2) is 59.8 Å². The average Bonchev–Trinajstić information content (AvgIpc) is 2.95. The second-order valence-electron chi connectivity index (χ2n) is 7.00. The van der Waals surface area contributed by atoms with Gasteiger partial charge in [-0.2, -0.15) is 0 Å². The Morgan fingerprint density at radius 3 is 2.59 bits per heavy atom. The molecular formula is C20H21BrN4O2. The fourth-order valence-electron chi connectivity index (χ4n) is 3.72. The second kappa shape index (κ2) is 7.40. The molecule has 2 aliphatic heterocycles. The van der Waals surface area contributed by atoms with Crippen molar-refractivity contribution in [2.45, 2.75) is 12.5 Å². The molecule has 0 aliphatic carbocycles. The van der Waals surface area contributed by atoms with Gasteiger partial charge in [-0.1, -0.05) is 18.2 Å². The molecule has 4 rings (SSSR count). The van der Waals surface area contributed by atoms with Crippen molar-refractivity contribution in [1.29, 1.82) is 0 Å². The highest BCUT2D eigenvalue weighted by Crippen LogP contribution is 2.39. The highest BCUT2D eigenvalue weighted by Gasteiger charge is 2.40. The van der Waals surface area contributed by atoms with E-state index in [4.69, 9.17) is 0 Å². The van der Waals surface area contributed by atoms with E-state index >= 15 is 0 Å². The number of halogens is 1. The first-order chi connectivity index (χ1) is 13.0. The van der Waals surface area contributed by atoms with Gasteiger partial charge in [0.1, 0.15) is 5.82 Å². The van der Waals surface area contributed by atoms with Crippen LogP contribution in [0.3, 0.4) is 0 Å². The summed E-state index contributed by atoms with van der Waals surface area (Å²) in [7, 11) is 2.06. The fraction of sp³-hybridized carbons (Fsp3) is 0.350. The maximum atomic E-state index is 13.0. The fourth-order valence-corrected chi connectivity index (χ4v) is 3.95. The molecule has 1 aromatic heterocycles. The van der Waals surface area contributed by atoms with Gasteiger partial charge >= 0.3 is 0 Å². The molecule has 6 nitrogen and oxygen atoms in total. The van der Waals surface area contributed by atoms with Crippen LogP contribution in [0.4, 0.5) is 5.82 Å². The Labute approximate surface area is 166 Å². The van der Waals surface area contributed by atoms with E-state index in [1.807, 2.05) is 35.2 Å². The van der Waals surface area contributed by atoms with Crippen LogP contribution in [0.1, 0.15) is 28.4 Å². The third kappa shape index (κ3) is 3.49. The van der Waals surface area contributed by atoms with E-state index in [1.54, 1.807) is 17.2 Å². The van der Waals surface area contributed by atoms with Crippen molar-refractivity contribution in [2.75, 3.05) is 38.1 Å². The van der Waals surface area contributed by atoms with Gasteiger partial charge in [-0.15, -0.1) is 0 Å². The van der Waals surface area contributed by atoms with E-state index < -0.39 is 0 Å². The summed E-state index contributed by atoms with van der Waals surface area (Å²) in [6.07, 6.45) is 1.94. The minimum atomic E-state index is -0.325. The van der Waals surface area contributed by atoms with Crippen molar-refractivity contribution >= 4 is 33.6 Å². The molecule has 1 saturated heterocycles. The molecule has 7 heteroatoms. The van der Waals surface area contributed by atoms with E-state index in [-0.39, 0.29) is 24.3 Å². The van der Waals surface area contributed by atoms with Gasteiger partial charge in [0.05, 0.1) is 12.5 Å². The van der Waals surface area contributed by atoms with Crippen molar-refractivity contribution in [3.8, 4) is 0 Å². The van der Waals surface area contributed by atoms with Crippen LogP contribution < -0.4 is 4.90 Å². The van der Waals surface area contributed by atoms with Crippen LogP contribution in [0.15, 0.2) is 47.1 Å². The SMILES string of the molecule is CN1CCN(C(=O)CC2c3ccccc3C(=O)N2c2ccc(Br)cn2)CC1. The number of pyridine rings is 1. The molecule has 0 bridgehead atoms. The number of aromatic nitrogens is 1. The molecule has 0 spiro atoms. The summed E-state index contributed by atoms with van der Waals surface area (Å²) in [4.78, 5) is 36.2. The number of carbonyl (C=O) groups excluding carboxylic acids is 2. The average molecular weight is 429 g/mol. The standard InChI is InChI=1S/C20H21BrN4O2/c1-23-8-10-24(11-9-23)19(26)12-17-15-4-2-3-5-16(15)20(27)25(17)18-7-6-14(21)13-22-18/h2-7,13,17H,8-12H2,1H3. The van der Waals surface area contributed by atoms with Crippen molar-refractivity contribution in [3.63, 3.8) is 0 Å². The molecule has 140 valence electrons. The zero-order valence-corrected chi connectivity index (χ0v) is 16.7. The Morgan fingerprint density at radius 2 is 1.89 bits per heavy atom. The number of likely N-dealkylation sites (N-methyl/N-ethyl adjacent to an activating group) is 1. The Hall–Kier alpha value is -2.25. The van der Waals surface area contributed by atoms with Crippen LogP contribution >= 0.6 is 15.9 Å². The predicted molar refractivity (Wildman–Crippen MR) is 107 cm³/mol. The van der Waals surface area contributed by atoms with Gasteiger partial charge in [-0.25, -0.2) is 4.98 Å². The molecule has 2 amide bonds. The Bertz CT molecular complexity index is 863. The maximum Gasteiger partial charge on any atom is 0.260 e. The molecule has 0 saturated carbocycles. The quantitative estimate of drug-likeness (QED) is 0.753. The summed E-state index contributed by atoms with van der Waals surface area (Å²) in [5, 5.41) is 0. The largest absolute Gasteiger partial charge is 0.340 e. The summed E-state index contributed by atoms with van der Waals surface area (Å²) in [5.41, 5.74) is 1.55. The van der Waals surface area contributed by atoms with E-state index in [0.29, 0.717) is 11.4 Å². The van der Waals surface area contributed by atoms with Gasteiger partial charge in [-0.3, -0.25) is 14.5 Å². The first kappa shape index (κ1) is 18.1. The van der Waals surface area contributed by atoms with Crippen LogP contribution in [0.25, 0.3) is 0 Å². The highest BCUT2D eigenvalue weighted by atomic mass is 79.9. The van der Waals surface area contributed by atoms with Crippen LogP contribution in [0.5, 0.6) is 0 Å². The molecule has 1 atom stereocenters. The lowest BCUT2D eigenvalue weighted by molar-refractivity contribution is -0.133. The minimum Gasteiger partial charge on any atom is -0.340 e. The van der Waals surface area contributed by atoms with Crippen molar-refractivity contribution in [3.05, 3.63) is 58.2 Å². The molecule has 3 heterocycles. The molecule has 0 radical (unpaired) electrons. The zero-order chi connectivity index (χ0) is 19.0. The molecule has 2 aromatic rings. The van der Waals surface area contributed by atoms with E-state index in [9.17, 15) is 9.59 Å². The van der Waals surface area contributed by atoms with Gasteiger partial charge in [0.2, 0.25) is 5.91 Å². The summed E-state index contributed by atoms with van der Waals surface area (Å²) in [5.74, 6) is 0.548.